The molecule has 18 heavy (non-hydrogen) atoms. The predicted octanol–water partition coefficient (Wildman–Crippen LogP) is 1.78. The number of carbonyl (C=O) groups excluding carboxylic acids is 1. The number of hydrogen-bond acceptors (Lipinski definition) is 3. The maximum atomic E-state index is 13.5. The van der Waals surface area contributed by atoms with Gasteiger partial charge in [0.15, 0.2) is 0 Å². The molecule has 1 aromatic rings. The van der Waals surface area contributed by atoms with Gasteiger partial charge in [-0.3, -0.25) is 4.79 Å². The Kier molecular flexibility index (Phi) is 5.58. The lowest BCUT2D eigenvalue weighted by Crippen LogP contribution is -2.18. The molecule has 1 rings (SSSR count). The molecule has 0 saturated carbocycles. The minimum absolute atomic E-state index is 0.0470. The first-order valence-corrected chi connectivity index (χ1v) is 5.85. The molecule has 0 aliphatic rings. The predicted molar refractivity (Wildman–Crippen MR) is 65.8 cm³/mol. The SMILES string of the molecule is CNC(=O)CCCOc1ccc([C@H](C)O)c(F)c1. The van der Waals surface area contributed by atoms with Crippen LogP contribution in [-0.4, -0.2) is 24.7 Å². The highest BCUT2D eigenvalue weighted by atomic mass is 19.1. The van der Waals surface area contributed by atoms with Crippen LogP contribution >= 0.6 is 0 Å². The number of ether oxygens (including phenoxy) is 1. The van der Waals surface area contributed by atoms with E-state index in [1.807, 2.05) is 0 Å². The molecule has 0 fully saturated rings. The molecule has 0 aromatic heterocycles. The van der Waals surface area contributed by atoms with Gasteiger partial charge in [0, 0.05) is 25.1 Å². The third-order valence-electron chi connectivity index (χ3n) is 2.52. The molecule has 0 saturated heterocycles. The van der Waals surface area contributed by atoms with Gasteiger partial charge in [-0.15, -0.1) is 0 Å². The number of nitrogens with one attached hydrogen (secondary N) is 1. The average Bonchev–Trinajstić information content (AvgIpc) is 2.34. The Hall–Kier alpha value is -1.62. The van der Waals surface area contributed by atoms with Crippen molar-refractivity contribution in [3.8, 4) is 5.75 Å². The van der Waals surface area contributed by atoms with Gasteiger partial charge in [0.05, 0.1) is 12.7 Å². The highest BCUT2D eigenvalue weighted by Crippen LogP contribution is 2.21. The van der Waals surface area contributed by atoms with Crippen molar-refractivity contribution in [2.24, 2.45) is 0 Å². The molecule has 0 spiro atoms. The molecule has 0 aliphatic carbocycles. The van der Waals surface area contributed by atoms with Crippen LogP contribution in [-0.2, 0) is 4.79 Å². The fraction of sp³-hybridized carbons (Fsp3) is 0.462. The summed E-state index contributed by atoms with van der Waals surface area (Å²) < 4.78 is 18.8. The molecule has 5 heteroatoms. The van der Waals surface area contributed by atoms with Crippen LogP contribution < -0.4 is 10.1 Å². The van der Waals surface area contributed by atoms with Crippen LogP contribution in [0.15, 0.2) is 18.2 Å². The topological polar surface area (TPSA) is 58.6 Å². The van der Waals surface area contributed by atoms with Crippen LogP contribution in [0.25, 0.3) is 0 Å². The second-order valence-electron chi connectivity index (χ2n) is 3.98. The summed E-state index contributed by atoms with van der Waals surface area (Å²) in [5.74, 6) is -0.142. The summed E-state index contributed by atoms with van der Waals surface area (Å²) in [6.45, 7) is 1.85. The van der Waals surface area contributed by atoms with Crippen molar-refractivity contribution >= 4 is 5.91 Å². The number of aliphatic hydroxyl groups is 1. The molecule has 1 amide bonds. The van der Waals surface area contributed by atoms with Crippen LogP contribution in [0.2, 0.25) is 0 Å². The number of benzene rings is 1. The van der Waals surface area contributed by atoms with Crippen LogP contribution in [0, 0.1) is 5.82 Å². The Morgan fingerprint density at radius 3 is 2.83 bits per heavy atom. The molecule has 100 valence electrons. The number of rotatable bonds is 6. The molecule has 1 aromatic carbocycles. The van der Waals surface area contributed by atoms with Crippen molar-refractivity contribution < 1.29 is 19.0 Å². The zero-order chi connectivity index (χ0) is 13.5. The van der Waals surface area contributed by atoms with E-state index in [9.17, 15) is 14.3 Å². The summed E-state index contributed by atoms with van der Waals surface area (Å²) in [6, 6.07) is 4.33. The monoisotopic (exact) mass is 255 g/mol. The fourth-order valence-corrected chi connectivity index (χ4v) is 1.48. The number of amides is 1. The normalized spacial score (nSPS) is 12.0. The van der Waals surface area contributed by atoms with E-state index >= 15 is 0 Å². The molecular weight excluding hydrogens is 237 g/mol. The molecule has 0 heterocycles. The smallest absolute Gasteiger partial charge is 0.219 e. The van der Waals surface area contributed by atoms with E-state index in [4.69, 9.17) is 4.74 Å². The van der Waals surface area contributed by atoms with Gasteiger partial charge in [-0.1, -0.05) is 0 Å². The standard InChI is InChI=1S/C13H18FNO3/c1-9(16)11-6-5-10(8-12(11)14)18-7-3-4-13(17)15-2/h5-6,8-9,16H,3-4,7H2,1-2H3,(H,15,17)/t9-/m0/s1. The van der Waals surface area contributed by atoms with Gasteiger partial charge in [0.2, 0.25) is 5.91 Å². The van der Waals surface area contributed by atoms with E-state index in [0.29, 0.717) is 25.2 Å². The third-order valence-corrected chi connectivity index (χ3v) is 2.52. The first-order valence-electron chi connectivity index (χ1n) is 5.85. The van der Waals surface area contributed by atoms with E-state index in [-0.39, 0.29) is 11.5 Å². The van der Waals surface area contributed by atoms with E-state index in [1.54, 1.807) is 13.1 Å². The highest BCUT2D eigenvalue weighted by molar-refractivity contribution is 5.75. The summed E-state index contributed by atoms with van der Waals surface area (Å²) in [5.41, 5.74) is 0.243. The first kappa shape index (κ1) is 14.4. The van der Waals surface area contributed by atoms with Crippen LogP contribution in [0.3, 0.4) is 0 Å². The Balaban J connectivity index is 2.44. The molecule has 0 bridgehead atoms. The van der Waals surface area contributed by atoms with Gasteiger partial charge in [0.25, 0.3) is 0 Å². The molecule has 0 unspecified atom stereocenters. The first-order chi connectivity index (χ1) is 8.54. The fourth-order valence-electron chi connectivity index (χ4n) is 1.48. The largest absolute Gasteiger partial charge is 0.493 e. The van der Waals surface area contributed by atoms with Gasteiger partial charge < -0.3 is 15.2 Å². The average molecular weight is 255 g/mol. The maximum absolute atomic E-state index is 13.5. The summed E-state index contributed by atoms with van der Waals surface area (Å²) in [5, 5.41) is 11.8. The van der Waals surface area contributed by atoms with Crippen molar-refractivity contribution in [3.63, 3.8) is 0 Å². The highest BCUT2D eigenvalue weighted by Gasteiger charge is 2.09. The summed E-state index contributed by atoms with van der Waals surface area (Å²) in [4.78, 5) is 10.9. The molecular formula is C13H18FNO3. The zero-order valence-corrected chi connectivity index (χ0v) is 10.6. The summed E-state index contributed by atoms with van der Waals surface area (Å²) >= 11 is 0. The van der Waals surface area contributed by atoms with Crippen LogP contribution in [0.1, 0.15) is 31.4 Å². The van der Waals surface area contributed by atoms with Gasteiger partial charge in [0.1, 0.15) is 11.6 Å². The Morgan fingerprint density at radius 1 is 1.56 bits per heavy atom. The summed E-state index contributed by atoms with van der Waals surface area (Å²) in [7, 11) is 1.58. The quantitative estimate of drug-likeness (QED) is 0.762. The van der Waals surface area contributed by atoms with E-state index in [1.165, 1.54) is 19.1 Å². The second-order valence-corrected chi connectivity index (χ2v) is 3.98. The van der Waals surface area contributed by atoms with Crippen molar-refractivity contribution in [1.29, 1.82) is 0 Å². The molecule has 1 atom stereocenters. The maximum Gasteiger partial charge on any atom is 0.219 e. The van der Waals surface area contributed by atoms with Crippen LogP contribution in [0.4, 0.5) is 4.39 Å². The third kappa shape index (κ3) is 4.33. The Bertz CT molecular complexity index is 407. The van der Waals surface area contributed by atoms with Crippen molar-refractivity contribution in [3.05, 3.63) is 29.6 Å². The zero-order valence-electron chi connectivity index (χ0n) is 10.6. The summed E-state index contributed by atoms with van der Waals surface area (Å²) in [6.07, 6.45) is 0.108. The van der Waals surface area contributed by atoms with E-state index in [2.05, 4.69) is 5.32 Å². The van der Waals surface area contributed by atoms with Gasteiger partial charge >= 0.3 is 0 Å². The Morgan fingerprint density at radius 2 is 2.28 bits per heavy atom. The molecule has 2 N–H and O–H groups in total. The minimum atomic E-state index is -0.840. The van der Waals surface area contributed by atoms with Crippen molar-refractivity contribution in [2.45, 2.75) is 25.9 Å². The number of halogens is 1. The Labute approximate surface area is 106 Å². The van der Waals surface area contributed by atoms with Crippen molar-refractivity contribution in [1.82, 2.24) is 5.32 Å². The lowest BCUT2D eigenvalue weighted by molar-refractivity contribution is -0.120. The number of hydrogen-bond donors (Lipinski definition) is 2. The number of carbonyl (C=O) groups is 1. The van der Waals surface area contributed by atoms with E-state index in [0.717, 1.165) is 0 Å². The molecule has 4 nitrogen and oxygen atoms in total. The lowest BCUT2D eigenvalue weighted by Gasteiger charge is -2.09. The van der Waals surface area contributed by atoms with Gasteiger partial charge in [-0.05, 0) is 25.5 Å². The minimum Gasteiger partial charge on any atom is -0.493 e. The number of aliphatic hydroxyl groups excluding tert-OH is 1. The van der Waals surface area contributed by atoms with Gasteiger partial charge in [-0.25, -0.2) is 4.39 Å². The van der Waals surface area contributed by atoms with E-state index < -0.39 is 11.9 Å². The lowest BCUT2D eigenvalue weighted by atomic mass is 10.1. The molecule has 0 radical (unpaired) electrons. The second kappa shape index (κ2) is 6.96. The van der Waals surface area contributed by atoms with Gasteiger partial charge in [-0.2, -0.15) is 0 Å². The molecule has 0 aliphatic heterocycles. The van der Waals surface area contributed by atoms with Crippen LogP contribution in [0.5, 0.6) is 5.75 Å². The van der Waals surface area contributed by atoms with Crippen molar-refractivity contribution in [2.75, 3.05) is 13.7 Å².